The number of benzene rings is 1. The molecule has 0 aliphatic heterocycles. The molecular weight excluding hydrogens is 447 g/mol. The van der Waals surface area contributed by atoms with Gasteiger partial charge in [-0.1, -0.05) is 0 Å². The van der Waals surface area contributed by atoms with Gasteiger partial charge in [-0.2, -0.15) is 0 Å². The molecule has 0 amide bonds. The van der Waals surface area contributed by atoms with Crippen LogP contribution in [0.2, 0.25) is 0 Å². The van der Waals surface area contributed by atoms with Gasteiger partial charge in [0.05, 0.1) is 15.4 Å². The third-order valence-electron chi connectivity index (χ3n) is 6.23. The Balaban J connectivity index is 1.30. The standard InChI is InChI=1S/C22H22BrFN6/c23-17-8-14-9-18(24)13(10-19(14)29-21(17)26)3-1-12-2-4-15(7-12)30-6-5-16-20(25)27-11-28-22(16)30/h5-6,8-12,15H,1-4,7H2,(H2,26,29)(H2,25,27,28). The second kappa shape index (κ2) is 7.50. The number of aryl methyl sites for hydroxylation is 1. The summed E-state index contributed by atoms with van der Waals surface area (Å²) in [5.74, 6) is 1.30. The van der Waals surface area contributed by atoms with E-state index < -0.39 is 0 Å². The van der Waals surface area contributed by atoms with Crippen molar-refractivity contribution < 1.29 is 4.39 Å². The lowest BCUT2D eigenvalue weighted by atomic mass is 9.97. The summed E-state index contributed by atoms with van der Waals surface area (Å²) in [7, 11) is 0. The SMILES string of the molecule is Nc1nc2cc(CCC3CCC(n4ccc5c(N)ncnc54)C3)c(F)cc2cc1Br. The molecule has 1 aliphatic carbocycles. The highest BCUT2D eigenvalue weighted by Crippen LogP contribution is 2.39. The predicted molar refractivity (Wildman–Crippen MR) is 120 cm³/mol. The van der Waals surface area contributed by atoms with Crippen molar-refractivity contribution in [3.63, 3.8) is 0 Å². The fourth-order valence-corrected chi connectivity index (χ4v) is 4.96. The van der Waals surface area contributed by atoms with Crippen LogP contribution < -0.4 is 11.5 Å². The monoisotopic (exact) mass is 468 g/mol. The zero-order valence-electron chi connectivity index (χ0n) is 16.4. The van der Waals surface area contributed by atoms with Crippen molar-refractivity contribution in [2.45, 2.75) is 38.1 Å². The molecule has 3 heterocycles. The van der Waals surface area contributed by atoms with Crippen LogP contribution in [0.3, 0.4) is 0 Å². The van der Waals surface area contributed by atoms with Crippen LogP contribution >= 0.6 is 15.9 Å². The fraction of sp³-hybridized carbons (Fsp3) is 0.318. The van der Waals surface area contributed by atoms with Gasteiger partial charge in [0.15, 0.2) is 0 Å². The van der Waals surface area contributed by atoms with Gasteiger partial charge in [0.2, 0.25) is 0 Å². The van der Waals surface area contributed by atoms with Gasteiger partial charge < -0.3 is 16.0 Å². The van der Waals surface area contributed by atoms with E-state index in [4.69, 9.17) is 11.5 Å². The average Bonchev–Trinajstić information content (AvgIpc) is 3.35. The number of nitrogens with zero attached hydrogens (tertiary/aromatic N) is 4. The van der Waals surface area contributed by atoms with E-state index in [1.165, 1.54) is 6.33 Å². The van der Waals surface area contributed by atoms with E-state index in [0.29, 0.717) is 40.1 Å². The number of hydrogen-bond donors (Lipinski definition) is 2. The van der Waals surface area contributed by atoms with Crippen molar-refractivity contribution in [3.8, 4) is 0 Å². The minimum absolute atomic E-state index is 0.181. The summed E-state index contributed by atoms with van der Waals surface area (Å²) in [6, 6.07) is 7.57. The first-order valence-electron chi connectivity index (χ1n) is 10.1. The van der Waals surface area contributed by atoms with Gasteiger partial charge in [-0.3, -0.25) is 0 Å². The van der Waals surface area contributed by atoms with Gasteiger partial charge in [0, 0.05) is 17.6 Å². The quantitative estimate of drug-likeness (QED) is 0.438. The molecule has 154 valence electrons. The van der Waals surface area contributed by atoms with Crippen molar-refractivity contribution in [2.75, 3.05) is 11.5 Å². The lowest BCUT2D eigenvalue weighted by Gasteiger charge is -2.15. The Morgan fingerprint density at radius 3 is 2.87 bits per heavy atom. The second-order valence-electron chi connectivity index (χ2n) is 8.08. The average molecular weight is 469 g/mol. The Kier molecular flexibility index (Phi) is 4.81. The summed E-state index contributed by atoms with van der Waals surface area (Å²) < 4.78 is 17.5. The van der Waals surface area contributed by atoms with Gasteiger partial charge in [0.25, 0.3) is 0 Å². The molecule has 1 aliphatic rings. The van der Waals surface area contributed by atoms with Crippen molar-refractivity contribution in [1.82, 2.24) is 19.5 Å². The minimum Gasteiger partial charge on any atom is -0.383 e. The number of rotatable bonds is 4. The molecule has 30 heavy (non-hydrogen) atoms. The maximum Gasteiger partial charge on any atom is 0.145 e. The Bertz CT molecular complexity index is 1250. The lowest BCUT2D eigenvalue weighted by Crippen LogP contribution is -2.06. The Morgan fingerprint density at radius 1 is 1.13 bits per heavy atom. The first kappa shape index (κ1) is 19.2. The van der Waals surface area contributed by atoms with E-state index in [9.17, 15) is 4.39 Å². The van der Waals surface area contributed by atoms with Crippen molar-refractivity contribution >= 4 is 49.5 Å². The Hall–Kier alpha value is -2.74. The maximum atomic E-state index is 14.6. The molecule has 0 spiro atoms. The van der Waals surface area contributed by atoms with Gasteiger partial charge in [0.1, 0.15) is 29.4 Å². The maximum absolute atomic E-state index is 14.6. The number of hydrogen-bond acceptors (Lipinski definition) is 5. The third kappa shape index (κ3) is 3.39. The number of halogens is 2. The molecule has 4 aromatic rings. The highest BCUT2D eigenvalue weighted by Gasteiger charge is 2.27. The summed E-state index contributed by atoms with van der Waals surface area (Å²) >= 11 is 3.35. The molecular formula is C22H22BrFN6. The van der Waals surface area contributed by atoms with Gasteiger partial charge in [-0.25, -0.2) is 19.3 Å². The van der Waals surface area contributed by atoms with Gasteiger partial charge in [-0.15, -0.1) is 0 Å². The minimum atomic E-state index is -0.181. The fourth-order valence-electron chi connectivity index (χ4n) is 4.63. The molecule has 4 N–H and O–H groups in total. The van der Waals surface area contributed by atoms with Crippen LogP contribution in [-0.2, 0) is 6.42 Å². The summed E-state index contributed by atoms with van der Waals surface area (Å²) in [6.45, 7) is 0. The Morgan fingerprint density at radius 2 is 2.00 bits per heavy atom. The van der Waals surface area contributed by atoms with Crippen LogP contribution in [0.25, 0.3) is 21.9 Å². The summed E-state index contributed by atoms with van der Waals surface area (Å²) in [6.07, 6.45) is 8.48. The lowest BCUT2D eigenvalue weighted by molar-refractivity contribution is 0.457. The van der Waals surface area contributed by atoms with Gasteiger partial charge >= 0.3 is 0 Å². The zero-order valence-corrected chi connectivity index (χ0v) is 17.9. The molecule has 0 radical (unpaired) electrons. The molecule has 0 saturated heterocycles. The van der Waals surface area contributed by atoms with Crippen molar-refractivity contribution in [2.24, 2.45) is 5.92 Å². The zero-order chi connectivity index (χ0) is 20.8. The summed E-state index contributed by atoms with van der Waals surface area (Å²) in [5, 5.41) is 1.65. The first-order valence-corrected chi connectivity index (χ1v) is 10.9. The first-order chi connectivity index (χ1) is 14.5. The van der Waals surface area contributed by atoms with E-state index in [2.05, 4.69) is 41.6 Å². The molecule has 5 rings (SSSR count). The smallest absolute Gasteiger partial charge is 0.145 e. The Labute approximate surface area is 181 Å². The van der Waals surface area contributed by atoms with Crippen LogP contribution in [0, 0.1) is 11.7 Å². The van der Waals surface area contributed by atoms with Gasteiger partial charge in [-0.05, 0) is 83.8 Å². The third-order valence-corrected chi connectivity index (χ3v) is 6.87. The number of aromatic nitrogens is 4. The molecule has 6 nitrogen and oxygen atoms in total. The van der Waals surface area contributed by atoms with E-state index in [1.807, 2.05) is 18.2 Å². The second-order valence-corrected chi connectivity index (χ2v) is 8.94. The highest BCUT2D eigenvalue weighted by atomic mass is 79.9. The molecule has 1 saturated carbocycles. The van der Waals surface area contributed by atoms with Crippen LogP contribution in [0.1, 0.15) is 37.3 Å². The summed E-state index contributed by atoms with van der Waals surface area (Å²) in [5.41, 5.74) is 14.2. The normalized spacial score (nSPS) is 19.1. The molecule has 1 fully saturated rings. The molecule has 3 aromatic heterocycles. The number of nitrogens with two attached hydrogens (primary N) is 2. The van der Waals surface area contributed by atoms with Crippen molar-refractivity contribution in [1.29, 1.82) is 0 Å². The van der Waals surface area contributed by atoms with E-state index in [-0.39, 0.29) is 5.82 Å². The number of pyridine rings is 1. The largest absolute Gasteiger partial charge is 0.383 e. The number of anilines is 2. The number of fused-ring (bicyclic) bond motifs is 2. The van der Waals surface area contributed by atoms with E-state index in [1.54, 1.807) is 6.07 Å². The molecule has 2 atom stereocenters. The predicted octanol–water partition coefficient (Wildman–Crippen LogP) is 5.02. The van der Waals surface area contributed by atoms with Crippen LogP contribution in [0.15, 0.2) is 41.3 Å². The summed E-state index contributed by atoms with van der Waals surface area (Å²) in [4.78, 5) is 12.9. The topological polar surface area (TPSA) is 95.6 Å². The van der Waals surface area contributed by atoms with Crippen LogP contribution in [0.5, 0.6) is 0 Å². The van der Waals surface area contributed by atoms with Crippen LogP contribution in [0.4, 0.5) is 16.0 Å². The highest BCUT2D eigenvalue weighted by molar-refractivity contribution is 9.10. The van der Waals surface area contributed by atoms with Crippen molar-refractivity contribution in [3.05, 3.63) is 52.6 Å². The molecule has 0 bridgehead atoms. The van der Waals surface area contributed by atoms with Crippen LogP contribution in [-0.4, -0.2) is 19.5 Å². The van der Waals surface area contributed by atoms with E-state index >= 15 is 0 Å². The molecule has 2 unspecified atom stereocenters. The number of nitrogen functional groups attached to an aromatic ring is 2. The molecule has 1 aromatic carbocycles. The van der Waals surface area contributed by atoms with E-state index in [0.717, 1.165) is 47.6 Å². The molecule has 8 heteroatoms.